The summed E-state index contributed by atoms with van der Waals surface area (Å²) >= 11 is 3.18. The van der Waals surface area contributed by atoms with E-state index in [1.165, 1.54) is 12.1 Å². The third kappa shape index (κ3) is 5.05. The van der Waals surface area contributed by atoms with Crippen LogP contribution in [0.5, 0.6) is 0 Å². The second kappa shape index (κ2) is 6.49. The predicted molar refractivity (Wildman–Crippen MR) is 77.6 cm³/mol. The van der Waals surface area contributed by atoms with Gasteiger partial charge < -0.3 is 5.32 Å². The Morgan fingerprint density at radius 2 is 1.80 bits per heavy atom. The second-order valence-electron chi connectivity index (χ2n) is 3.89. The van der Waals surface area contributed by atoms with Gasteiger partial charge in [-0.1, -0.05) is 0 Å². The summed E-state index contributed by atoms with van der Waals surface area (Å²) < 4.78 is 37.4. The van der Waals surface area contributed by atoms with Crippen molar-refractivity contribution in [2.75, 3.05) is 5.32 Å². The highest BCUT2D eigenvalue weighted by atomic mass is 79.9. The van der Waals surface area contributed by atoms with Crippen LogP contribution >= 0.6 is 27.7 Å². The summed E-state index contributed by atoms with van der Waals surface area (Å²) in [6.45, 7) is 0.513. The molecule has 1 N–H and O–H groups in total. The average molecular weight is 363 g/mol. The van der Waals surface area contributed by atoms with E-state index in [0.717, 1.165) is 15.9 Å². The summed E-state index contributed by atoms with van der Waals surface area (Å²) in [5.41, 5.74) is -2.65. The van der Waals surface area contributed by atoms with Gasteiger partial charge in [-0.15, -0.1) is 0 Å². The molecule has 0 amide bonds. The molecule has 2 nitrogen and oxygen atoms in total. The zero-order valence-electron chi connectivity index (χ0n) is 10.1. The molecule has 0 unspecified atom stereocenters. The summed E-state index contributed by atoms with van der Waals surface area (Å²) in [6.07, 6.45) is 1.69. The lowest BCUT2D eigenvalue weighted by Crippen LogP contribution is -2.01. The first-order valence-electron chi connectivity index (χ1n) is 5.62. The van der Waals surface area contributed by atoms with E-state index in [9.17, 15) is 13.2 Å². The maximum absolute atomic E-state index is 12.2. The molecule has 2 aromatic rings. The van der Waals surface area contributed by atoms with E-state index in [1.807, 2.05) is 12.1 Å². The minimum Gasteiger partial charge on any atom is -0.379 e. The molecule has 0 spiro atoms. The second-order valence-corrected chi connectivity index (χ2v) is 5.95. The standard InChI is InChI=1S/C13H10BrF3N2S/c14-9-1-2-11(18-7-9)8-19-10-3-5-12(6-4-10)20-13(15,16)17/h1-7,19H,8H2. The molecular formula is C13H10BrF3N2S. The van der Waals surface area contributed by atoms with Crippen molar-refractivity contribution in [3.63, 3.8) is 0 Å². The van der Waals surface area contributed by atoms with Crippen molar-refractivity contribution in [1.82, 2.24) is 4.98 Å². The van der Waals surface area contributed by atoms with E-state index in [2.05, 4.69) is 26.2 Å². The molecule has 0 bridgehead atoms. The molecule has 0 aliphatic heterocycles. The molecule has 20 heavy (non-hydrogen) atoms. The number of alkyl halides is 3. The summed E-state index contributed by atoms with van der Waals surface area (Å²) in [6, 6.07) is 9.86. The first kappa shape index (κ1) is 15.2. The van der Waals surface area contributed by atoms with Gasteiger partial charge in [0.15, 0.2) is 0 Å². The van der Waals surface area contributed by atoms with Crippen LogP contribution in [0.3, 0.4) is 0 Å². The number of rotatable bonds is 4. The Bertz CT molecular complexity index is 555. The van der Waals surface area contributed by atoms with Crippen LogP contribution < -0.4 is 5.32 Å². The number of nitrogens with zero attached hydrogens (tertiary/aromatic N) is 1. The maximum Gasteiger partial charge on any atom is 0.446 e. The SMILES string of the molecule is FC(F)(F)Sc1ccc(NCc2ccc(Br)cn2)cc1. The Balaban J connectivity index is 1.92. The van der Waals surface area contributed by atoms with E-state index in [-0.39, 0.29) is 16.7 Å². The molecule has 0 aliphatic carbocycles. The molecular weight excluding hydrogens is 353 g/mol. The molecule has 106 valence electrons. The van der Waals surface area contributed by atoms with Crippen LogP contribution in [-0.4, -0.2) is 10.5 Å². The van der Waals surface area contributed by atoms with Crippen molar-refractivity contribution in [1.29, 1.82) is 0 Å². The first-order chi connectivity index (χ1) is 9.42. The van der Waals surface area contributed by atoms with Gasteiger partial charge in [0.2, 0.25) is 0 Å². The fourth-order valence-corrected chi connectivity index (χ4v) is 2.25. The van der Waals surface area contributed by atoms with Crippen molar-refractivity contribution >= 4 is 33.4 Å². The highest BCUT2D eigenvalue weighted by Crippen LogP contribution is 2.37. The van der Waals surface area contributed by atoms with Gasteiger partial charge in [0, 0.05) is 21.3 Å². The zero-order chi connectivity index (χ0) is 14.6. The average Bonchev–Trinajstić information content (AvgIpc) is 2.38. The van der Waals surface area contributed by atoms with Gasteiger partial charge in [-0.05, 0) is 64.1 Å². The molecule has 7 heteroatoms. The Labute approximate surface area is 126 Å². The Morgan fingerprint density at radius 3 is 2.35 bits per heavy atom. The van der Waals surface area contributed by atoms with Crippen LogP contribution in [0.4, 0.5) is 18.9 Å². The number of aromatic nitrogens is 1. The minimum absolute atomic E-state index is 0.120. The normalized spacial score (nSPS) is 11.4. The first-order valence-corrected chi connectivity index (χ1v) is 7.23. The van der Waals surface area contributed by atoms with Gasteiger partial charge in [-0.25, -0.2) is 0 Å². The van der Waals surface area contributed by atoms with E-state index >= 15 is 0 Å². The van der Waals surface area contributed by atoms with Crippen molar-refractivity contribution < 1.29 is 13.2 Å². The van der Waals surface area contributed by atoms with Crippen molar-refractivity contribution in [3.05, 3.63) is 52.8 Å². The van der Waals surface area contributed by atoms with Crippen molar-refractivity contribution in [2.24, 2.45) is 0 Å². The monoisotopic (exact) mass is 362 g/mol. The fourth-order valence-electron chi connectivity index (χ4n) is 1.48. The van der Waals surface area contributed by atoms with E-state index in [1.54, 1.807) is 18.3 Å². The highest BCUT2D eigenvalue weighted by Gasteiger charge is 2.28. The predicted octanol–water partition coefficient (Wildman–Crippen LogP) is 5.07. The molecule has 1 aromatic heterocycles. The van der Waals surface area contributed by atoms with E-state index in [4.69, 9.17) is 0 Å². The largest absolute Gasteiger partial charge is 0.446 e. The van der Waals surface area contributed by atoms with Gasteiger partial charge in [-0.3, -0.25) is 4.98 Å². The molecule has 2 rings (SSSR count). The quantitative estimate of drug-likeness (QED) is 0.768. The molecule has 1 aromatic carbocycles. The zero-order valence-corrected chi connectivity index (χ0v) is 12.5. The fraction of sp³-hybridized carbons (Fsp3) is 0.154. The third-order valence-electron chi connectivity index (χ3n) is 2.35. The smallest absolute Gasteiger partial charge is 0.379 e. The van der Waals surface area contributed by atoms with Crippen molar-refractivity contribution in [3.8, 4) is 0 Å². The lowest BCUT2D eigenvalue weighted by Gasteiger charge is -2.08. The number of halogens is 4. The molecule has 0 aliphatic rings. The van der Waals surface area contributed by atoms with Crippen LogP contribution in [0.25, 0.3) is 0 Å². The van der Waals surface area contributed by atoms with Crippen LogP contribution in [0.1, 0.15) is 5.69 Å². The van der Waals surface area contributed by atoms with Gasteiger partial charge in [-0.2, -0.15) is 13.2 Å². The molecule has 0 atom stereocenters. The molecule has 0 saturated carbocycles. The number of hydrogen-bond donors (Lipinski definition) is 1. The van der Waals surface area contributed by atoms with E-state index in [0.29, 0.717) is 6.54 Å². The van der Waals surface area contributed by atoms with E-state index < -0.39 is 5.51 Å². The van der Waals surface area contributed by atoms with Gasteiger partial charge in [0.1, 0.15) is 0 Å². The van der Waals surface area contributed by atoms with Crippen LogP contribution in [-0.2, 0) is 6.54 Å². The minimum atomic E-state index is -4.25. The molecule has 0 fully saturated rings. The maximum atomic E-state index is 12.2. The highest BCUT2D eigenvalue weighted by molar-refractivity contribution is 9.10. The molecule has 0 saturated heterocycles. The number of pyridine rings is 1. The number of benzene rings is 1. The third-order valence-corrected chi connectivity index (χ3v) is 3.56. The van der Waals surface area contributed by atoms with Crippen LogP contribution in [0, 0.1) is 0 Å². The van der Waals surface area contributed by atoms with Crippen molar-refractivity contribution in [2.45, 2.75) is 16.9 Å². The van der Waals surface area contributed by atoms with Gasteiger partial charge in [0.05, 0.1) is 12.2 Å². The van der Waals surface area contributed by atoms with Gasteiger partial charge in [0.25, 0.3) is 0 Å². The summed E-state index contributed by atoms with van der Waals surface area (Å²) in [4.78, 5) is 4.37. The molecule has 1 heterocycles. The Kier molecular flexibility index (Phi) is 4.93. The number of hydrogen-bond acceptors (Lipinski definition) is 3. The lowest BCUT2D eigenvalue weighted by molar-refractivity contribution is -0.0328. The number of thioether (sulfide) groups is 1. The lowest BCUT2D eigenvalue weighted by atomic mass is 10.3. The summed E-state index contributed by atoms with van der Waals surface area (Å²) in [5.74, 6) is 0. The number of anilines is 1. The topological polar surface area (TPSA) is 24.9 Å². The Hall–Kier alpha value is -1.21. The van der Waals surface area contributed by atoms with Gasteiger partial charge >= 0.3 is 5.51 Å². The summed E-state index contributed by atoms with van der Waals surface area (Å²) in [7, 11) is 0. The van der Waals surface area contributed by atoms with Crippen LogP contribution in [0.15, 0.2) is 52.0 Å². The van der Waals surface area contributed by atoms with Crippen LogP contribution in [0.2, 0.25) is 0 Å². The number of nitrogens with one attached hydrogen (secondary N) is 1. The molecule has 0 radical (unpaired) electrons. The Morgan fingerprint density at radius 1 is 1.10 bits per heavy atom. The summed E-state index contributed by atoms with van der Waals surface area (Å²) in [5, 5.41) is 3.10.